The summed E-state index contributed by atoms with van der Waals surface area (Å²) >= 11 is 0. The zero-order valence-electron chi connectivity index (χ0n) is 17.1. The molecule has 1 fully saturated rings. The first kappa shape index (κ1) is 20.9. The van der Waals surface area contributed by atoms with E-state index in [2.05, 4.69) is 41.4 Å². The molecule has 1 aliphatic rings. The van der Waals surface area contributed by atoms with Crippen molar-refractivity contribution in [2.45, 2.75) is 20.3 Å². The zero-order valence-corrected chi connectivity index (χ0v) is 17.1. The van der Waals surface area contributed by atoms with Crippen molar-refractivity contribution >= 4 is 17.8 Å². The van der Waals surface area contributed by atoms with Crippen LogP contribution >= 0.6 is 0 Å². The van der Waals surface area contributed by atoms with Gasteiger partial charge in [0.2, 0.25) is 0 Å². The lowest BCUT2D eigenvalue weighted by molar-refractivity contribution is 0.0955. The number of anilines is 1. The quantitative estimate of drug-likeness (QED) is 0.547. The number of hydrazone groups is 1. The molecule has 0 unspecified atom stereocenters. The predicted molar refractivity (Wildman–Crippen MR) is 116 cm³/mol. The molecular formula is C23H29N3O3. The molecule has 1 saturated heterocycles. The Morgan fingerprint density at radius 1 is 1.14 bits per heavy atom. The molecule has 0 spiro atoms. The standard InChI is InChI=1S/C23H29N3O3/c1-18(2)11-14-29-22-9-5-20(6-10-22)23(27)25-24-17-19-3-7-21(8-4-19)26-12-15-28-16-13-26/h3-10,17-18H,11-16H2,1-2H3,(H,25,27)/b24-17-. The second-order valence-electron chi connectivity index (χ2n) is 7.45. The Balaban J connectivity index is 1.47. The Kier molecular flexibility index (Phi) is 7.64. The first-order chi connectivity index (χ1) is 14.1. The van der Waals surface area contributed by atoms with E-state index in [0.717, 1.165) is 44.0 Å². The summed E-state index contributed by atoms with van der Waals surface area (Å²) in [6.07, 6.45) is 2.65. The predicted octanol–water partition coefficient (Wildman–Crippen LogP) is 3.71. The minimum absolute atomic E-state index is 0.250. The van der Waals surface area contributed by atoms with Crippen molar-refractivity contribution in [3.8, 4) is 5.75 Å². The highest BCUT2D eigenvalue weighted by molar-refractivity contribution is 5.95. The number of hydrogen-bond acceptors (Lipinski definition) is 5. The lowest BCUT2D eigenvalue weighted by Gasteiger charge is -2.28. The van der Waals surface area contributed by atoms with Gasteiger partial charge in [-0.25, -0.2) is 5.43 Å². The molecule has 0 bridgehead atoms. The minimum Gasteiger partial charge on any atom is -0.494 e. The highest BCUT2D eigenvalue weighted by atomic mass is 16.5. The molecular weight excluding hydrogens is 366 g/mol. The Morgan fingerprint density at radius 2 is 1.83 bits per heavy atom. The van der Waals surface area contributed by atoms with Gasteiger partial charge in [-0.15, -0.1) is 0 Å². The molecule has 1 heterocycles. The van der Waals surface area contributed by atoms with Gasteiger partial charge in [0, 0.05) is 24.3 Å². The van der Waals surface area contributed by atoms with Crippen LogP contribution in [0.25, 0.3) is 0 Å². The van der Waals surface area contributed by atoms with E-state index in [1.807, 2.05) is 24.3 Å². The number of amides is 1. The van der Waals surface area contributed by atoms with E-state index < -0.39 is 0 Å². The molecule has 29 heavy (non-hydrogen) atoms. The van der Waals surface area contributed by atoms with E-state index >= 15 is 0 Å². The largest absolute Gasteiger partial charge is 0.494 e. The number of nitrogens with zero attached hydrogens (tertiary/aromatic N) is 2. The number of rotatable bonds is 8. The fourth-order valence-electron chi connectivity index (χ4n) is 2.94. The third-order valence-corrected chi connectivity index (χ3v) is 4.73. The van der Waals surface area contributed by atoms with Gasteiger partial charge in [-0.05, 0) is 54.3 Å². The molecule has 3 rings (SSSR count). The van der Waals surface area contributed by atoms with Crippen LogP contribution in [0.4, 0.5) is 5.69 Å². The molecule has 1 N–H and O–H groups in total. The molecule has 0 aromatic heterocycles. The normalized spacial score (nSPS) is 14.4. The smallest absolute Gasteiger partial charge is 0.271 e. The van der Waals surface area contributed by atoms with Crippen molar-refractivity contribution < 1.29 is 14.3 Å². The molecule has 0 saturated carbocycles. The van der Waals surface area contributed by atoms with Crippen LogP contribution in [-0.2, 0) is 4.74 Å². The van der Waals surface area contributed by atoms with Crippen molar-refractivity contribution in [2.24, 2.45) is 11.0 Å². The number of nitrogens with one attached hydrogen (secondary N) is 1. The molecule has 0 radical (unpaired) electrons. The summed E-state index contributed by atoms with van der Waals surface area (Å²) < 4.78 is 11.1. The number of benzene rings is 2. The van der Waals surface area contributed by atoms with E-state index in [1.54, 1.807) is 18.3 Å². The molecule has 6 nitrogen and oxygen atoms in total. The topological polar surface area (TPSA) is 63.2 Å². The second-order valence-corrected chi connectivity index (χ2v) is 7.45. The maximum atomic E-state index is 12.2. The third-order valence-electron chi connectivity index (χ3n) is 4.73. The summed E-state index contributed by atoms with van der Waals surface area (Å²) in [6.45, 7) is 8.35. The minimum atomic E-state index is -0.250. The molecule has 2 aromatic rings. The second kappa shape index (κ2) is 10.6. The molecule has 2 aromatic carbocycles. The monoisotopic (exact) mass is 395 g/mol. The third kappa shape index (κ3) is 6.61. The van der Waals surface area contributed by atoms with E-state index in [-0.39, 0.29) is 5.91 Å². The van der Waals surface area contributed by atoms with Gasteiger partial charge in [-0.2, -0.15) is 5.10 Å². The van der Waals surface area contributed by atoms with Gasteiger partial charge in [0.15, 0.2) is 0 Å². The van der Waals surface area contributed by atoms with Crippen molar-refractivity contribution in [3.05, 3.63) is 59.7 Å². The Labute approximate surface area is 172 Å². The van der Waals surface area contributed by atoms with Crippen molar-refractivity contribution in [2.75, 3.05) is 37.8 Å². The number of morpholine rings is 1. The Hall–Kier alpha value is -2.86. The zero-order chi connectivity index (χ0) is 20.5. The SMILES string of the molecule is CC(C)CCOc1ccc(C(=O)N/N=C\c2ccc(N3CCOCC3)cc2)cc1. The van der Waals surface area contributed by atoms with Gasteiger partial charge in [-0.3, -0.25) is 4.79 Å². The molecule has 1 amide bonds. The summed E-state index contributed by atoms with van der Waals surface area (Å²) in [5.74, 6) is 1.12. The molecule has 154 valence electrons. The summed E-state index contributed by atoms with van der Waals surface area (Å²) in [6, 6.07) is 15.2. The van der Waals surface area contributed by atoms with Gasteiger partial charge in [-0.1, -0.05) is 26.0 Å². The summed E-state index contributed by atoms with van der Waals surface area (Å²) in [7, 11) is 0. The first-order valence-corrected chi connectivity index (χ1v) is 10.1. The number of ether oxygens (including phenoxy) is 2. The van der Waals surface area contributed by atoms with Crippen LogP contribution in [0.2, 0.25) is 0 Å². The molecule has 0 aliphatic carbocycles. The van der Waals surface area contributed by atoms with Crippen LogP contribution in [0, 0.1) is 5.92 Å². The summed E-state index contributed by atoms with van der Waals surface area (Å²) in [4.78, 5) is 14.5. The highest BCUT2D eigenvalue weighted by Crippen LogP contribution is 2.16. The maximum absolute atomic E-state index is 12.2. The Morgan fingerprint density at radius 3 is 2.48 bits per heavy atom. The average molecular weight is 396 g/mol. The van der Waals surface area contributed by atoms with Crippen LogP contribution in [0.15, 0.2) is 53.6 Å². The van der Waals surface area contributed by atoms with Crippen LogP contribution in [0.1, 0.15) is 36.2 Å². The highest BCUT2D eigenvalue weighted by Gasteiger charge is 2.10. The van der Waals surface area contributed by atoms with Crippen LogP contribution in [0.3, 0.4) is 0 Å². The summed E-state index contributed by atoms with van der Waals surface area (Å²) in [5.41, 5.74) is 5.21. The van der Waals surface area contributed by atoms with Crippen molar-refractivity contribution in [3.63, 3.8) is 0 Å². The van der Waals surface area contributed by atoms with E-state index in [0.29, 0.717) is 18.1 Å². The lowest BCUT2D eigenvalue weighted by Crippen LogP contribution is -2.36. The van der Waals surface area contributed by atoms with Crippen LogP contribution in [0.5, 0.6) is 5.75 Å². The van der Waals surface area contributed by atoms with E-state index in [4.69, 9.17) is 9.47 Å². The molecule has 0 atom stereocenters. The van der Waals surface area contributed by atoms with Crippen molar-refractivity contribution in [1.29, 1.82) is 0 Å². The van der Waals surface area contributed by atoms with Gasteiger partial charge in [0.25, 0.3) is 5.91 Å². The fraction of sp³-hybridized carbons (Fsp3) is 0.391. The number of hydrogen-bond donors (Lipinski definition) is 1. The van der Waals surface area contributed by atoms with Crippen molar-refractivity contribution in [1.82, 2.24) is 5.43 Å². The molecule has 6 heteroatoms. The Bertz CT molecular complexity index is 795. The van der Waals surface area contributed by atoms with E-state index in [9.17, 15) is 4.79 Å². The number of carbonyl (C=O) groups excluding carboxylic acids is 1. The van der Waals surface area contributed by atoms with Crippen LogP contribution in [-0.4, -0.2) is 45.0 Å². The van der Waals surface area contributed by atoms with Gasteiger partial charge in [0.05, 0.1) is 26.0 Å². The number of carbonyl (C=O) groups is 1. The van der Waals surface area contributed by atoms with E-state index in [1.165, 1.54) is 5.69 Å². The molecule has 1 aliphatic heterocycles. The van der Waals surface area contributed by atoms with Gasteiger partial charge >= 0.3 is 0 Å². The van der Waals surface area contributed by atoms with Crippen LogP contribution < -0.4 is 15.1 Å². The summed E-state index contributed by atoms with van der Waals surface area (Å²) in [5, 5.41) is 4.06. The van der Waals surface area contributed by atoms with Gasteiger partial charge in [0.1, 0.15) is 5.75 Å². The first-order valence-electron chi connectivity index (χ1n) is 10.1. The van der Waals surface area contributed by atoms with Gasteiger partial charge < -0.3 is 14.4 Å². The maximum Gasteiger partial charge on any atom is 0.271 e. The fourth-order valence-corrected chi connectivity index (χ4v) is 2.94. The lowest BCUT2D eigenvalue weighted by atomic mass is 10.1. The average Bonchev–Trinajstić information content (AvgIpc) is 2.75.